The van der Waals surface area contributed by atoms with Gasteiger partial charge in [0.05, 0.1) is 0 Å². The van der Waals surface area contributed by atoms with Crippen LogP contribution in [0.4, 0.5) is 0 Å². The van der Waals surface area contributed by atoms with Crippen molar-refractivity contribution in [2.45, 2.75) is 55.4 Å². The molecule has 0 spiro atoms. The summed E-state index contributed by atoms with van der Waals surface area (Å²) in [6.07, 6.45) is 0. The van der Waals surface area contributed by atoms with Crippen LogP contribution in [0.1, 0.15) is 44.5 Å². The molecule has 0 aliphatic carbocycles. The van der Waals surface area contributed by atoms with Gasteiger partial charge in [-0.1, -0.05) is 55.4 Å². The summed E-state index contributed by atoms with van der Waals surface area (Å²) in [6.45, 7) is 17.4. The Morgan fingerprint density at radius 2 is 0.579 bits per heavy atom. The van der Waals surface area contributed by atoms with Crippen molar-refractivity contribution in [1.82, 2.24) is 0 Å². The van der Waals surface area contributed by atoms with E-state index in [4.69, 9.17) is 0 Å². The van der Waals surface area contributed by atoms with Gasteiger partial charge in [0.15, 0.2) is 0 Å². The van der Waals surface area contributed by atoms with Crippen LogP contribution in [0, 0.1) is 95.8 Å². The third kappa shape index (κ3) is 4.52. The first-order valence-corrected chi connectivity index (χ1v) is 6.65. The van der Waals surface area contributed by atoms with Crippen LogP contribution in [0.15, 0.2) is 12.1 Å². The van der Waals surface area contributed by atoms with E-state index in [0.717, 1.165) is 0 Å². The first kappa shape index (κ1) is 19.0. The van der Waals surface area contributed by atoms with E-state index in [1.165, 1.54) is 44.5 Å². The average molecular weight is 393 g/mol. The monoisotopic (exact) mass is 394 g/mol. The summed E-state index contributed by atoms with van der Waals surface area (Å²) in [5.41, 5.74) is 11.5. The number of hydrogen-bond acceptors (Lipinski definition) is 0. The van der Waals surface area contributed by atoms with Gasteiger partial charge in [0.25, 0.3) is 0 Å². The SMILES string of the molecule is Cc1[cH-]c(C)c(C)c1C.Cc1[cH-]c(C)c(C)c1C.[Sm]. The van der Waals surface area contributed by atoms with Gasteiger partial charge in [-0.25, -0.2) is 0 Å². The van der Waals surface area contributed by atoms with Crippen molar-refractivity contribution in [3.63, 3.8) is 0 Å². The molecule has 0 nitrogen and oxygen atoms in total. The van der Waals surface area contributed by atoms with Crippen LogP contribution in [-0.2, 0) is 0 Å². The Kier molecular flexibility index (Phi) is 7.74. The van der Waals surface area contributed by atoms with Crippen LogP contribution in [0.25, 0.3) is 0 Å². The van der Waals surface area contributed by atoms with E-state index in [1.807, 2.05) is 0 Å². The molecule has 106 valence electrons. The molecule has 2 aromatic carbocycles. The summed E-state index contributed by atoms with van der Waals surface area (Å²) < 4.78 is 0. The molecule has 0 aliphatic rings. The fourth-order valence-corrected chi connectivity index (χ4v) is 2.27. The zero-order valence-corrected chi connectivity index (χ0v) is 16.2. The Morgan fingerprint density at radius 1 is 0.421 bits per heavy atom. The summed E-state index contributed by atoms with van der Waals surface area (Å²) in [6, 6.07) is 4.48. The normalized spacial score (nSPS) is 9.68. The topological polar surface area (TPSA) is 0 Å². The summed E-state index contributed by atoms with van der Waals surface area (Å²) in [7, 11) is 0. The first-order chi connectivity index (χ1) is 8.25. The first-order valence-electron chi connectivity index (χ1n) is 6.65. The van der Waals surface area contributed by atoms with Crippen molar-refractivity contribution in [3.8, 4) is 0 Å². The molecular formula is C18H26Sm-2. The van der Waals surface area contributed by atoms with Crippen molar-refractivity contribution < 1.29 is 40.4 Å². The third-order valence-electron chi connectivity index (χ3n) is 4.36. The summed E-state index contributed by atoms with van der Waals surface area (Å²) in [4.78, 5) is 0. The molecule has 0 radical (unpaired) electrons. The van der Waals surface area contributed by atoms with Crippen LogP contribution >= 0.6 is 0 Å². The number of aryl methyl sites for hydroxylation is 4. The fourth-order valence-electron chi connectivity index (χ4n) is 2.27. The van der Waals surface area contributed by atoms with E-state index in [2.05, 4.69) is 67.5 Å². The second-order valence-electron chi connectivity index (χ2n) is 5.52. The molecule has 0 atom stereocenters. The second kappa shape index (κ2) is 7.72. The predicted octanol–water partition coefficient (Wildman–Crippen LogP) is 5.28. The fraction of sp³-hybridized carbons (Fsp3) is 0.444. The minimum Gasteiger partial charge on any atom is -0.196 e. The van der Waals surface area contributed by atoms with Crippen LogP contribution in [-0.4, -0.2) is 0 Å². The summed E-state index contributed by atoms with van der Waals surface area (Å²) in [5.74, 6) is 0. The molecule has 0 unspecified atom stereocenters. The van der Waals surface area contributed by atoms with Crippen LogP contribution in [0.5, 0.6) is 0 Å². The molecule has 0 saturated carbocycles. The van der Waals surface area contributed by atoms with Crippen molar-refractivity contribution >= 4 is 0 Å². The Balaban J connectivity index is 0.000000324. The van der Waals surface area contributed by atoms with E-state index in [1.54, 1.807) is 0 Å². The van der Waals surface area contributed by atoms with Gasteiger partial charge in [-0.05, 0) is 0 Å². The molecule has 0 saturated heterocycles. The molecule has 2 aromatic rings. The van der Waals surface area contributed by atoms with Gasteiger partial charge >= 0.3 is 0 Å². The van der Waals surface area contributed by atoms with Crippen molar-refractivity contribution in [2.75, 3.05) is 0 Å². The largest absolute Gasteiger partial charge is 0.196 e. The van der Waals surface area contributed by atoms with E-state index in [-0.39, 0.29) is 40.4 Å². The van der Waals surface area contributed by atoms with E-state index < -0.39 is 0 Å². The minimum absolute atomic E-state index is 0. The van der Waals surface area contributed by atoms with Gasteiger partial charge in [-0.2, -0.15) is 56.6 Å². The molecule has 0 aliphatic heterocycles. The average Bonchev–Trinajstić information content (AvgIpc) is 2.66. The van der Waals surface area contributed by atoms with Crippen LogP contribution in [0.3, 0.4) is 0 Å². The zero-order valence-electron chi connectivity index (χ0n) is 13.6. The van der Waals surface area contributed by atoms with E-state index >= 15 is 0 Å². The van der Waals surface area contributed by atoms with Crippen molar-refractivity contribution in [1.29, 1.82) is 0 Å². The molecular weight excluding hydrogens is 367 g/mol. The Bertz CT molecular complexity index is 443. The Hall–Kier alpha value is 0.0377. The standard InChI is InChI=1S/2C9H13.Sm/c2*1-6-5-7(2)9(4)8(6)3;/h2*5H,1-4H3;/q2*-1;. The maximum atomic E-state index is 2.24. The van der Waals surface area contributed by atoms with Crippen LogP contribution in [0.2, 0.25) is 0 Å². The molecule has 19 heavy (non-hydrogen) atoms. The van der Waals surface area contributed by atoms with Gasteiger partial charge in [-0.3, -0.25) is 0 Å². The van der Waals surface area contributed by atoms with E-state index in [0.29, 0.717) is 0 Å². The van der Waals surface area contributed by atoms with Gasteiger partial charge in [-0.15, -0.1) is 0 Å². The molecule has 0 amide bonds. The predicted molar refractivity (Wildman–Crippen MR) is 82.0 cm³/mol. The van der Waals surface area contributed by atoms with E-state index in [9.17, 15) is 0 Å². The maximum Gasteiger partial charge on any atom is 0 e. The van der Waals surface area contributed by atoms with Crippen LogP contribution < -0.4 is 0 Å². The molecule has 1 heteroatoms. The third-order valence-corrected chi connectivity index (χ3v) is 4.36. The van der Waals surface area contributed by atoms with Gasteiger partial charge in [0.1, 0.15) is 0 Å². The quantitative estimate of drug-likeness (QED) is 0.535. The minimum atomic E-state index is 0. The Labute approximate surface area is 151 Å². The Morgan fingerprint density at radius 3 is 0.632 bits per heavy atom. The maximum absolute atomic E-state index is 2.24. The molecule has 0 bridgehead atoms. The number of rotatable bonds is 0. The summed E-state index contributed by atoms with van der Waals surface area (Å²) in [5, 5.41) is 0. The summed E-state index contributed by atoms with van der Waals surface area (Å²) >= 11 is 0. The molecule has 0 heterocycles. The van der Waals surface area contributed by atoms with Gasteiger partial charge in [0.2, 0.25) is 0 Å². The molecule has 0 aromatic heterocycles. The molecule has 0 N–H and O–H groups in total. The molecule has 0 fully saturated rings. The smallest absolute Gasteiger partial charge is 0 e. The van der Waals surface area contributed by atoms with Crippen molar-refractivity contribution in [3.05, 3.63) is 56.6 Å². The van der Waals surface area contributed by atoms with Gasteiger partial charge < -0.3 is 0 Å². The van der Waals surface area contributed by atoms with Crippen molar-refractivity contribution in [2.24, 2.45) is 0 Å². The zero-order chi connectivity index (χ0) is 14.0. The molecule has 2 rings (SSSR count). The second-order valence-corrected chi connectivity index (χ2v) is 5.52. The number of hydrogen-bond donors (Lipinski definition) is 0. The van der Waals surface area contributed by atoms with Gasteiger partial charge in [0, 0.05) is 40.4 Å².